The summed E-state index contributed by atoms with van der Waals surface area (Å²) in [6.45, 7) is 4.89. The van der Waals surface area contributed by atoms with Crippen molar-refractivity contribution in [2.75, 3.05) is 20.1 Å². The third kappa shape index (κ3) is 5.95. The molecule has 0 radical (unpaired) electrons. The van der Waals surface area contributed by atoms with Gasteiger partial charge in [-0.15, -0.1) is 24.8 Å². The fourth-order valence-corrected chi connectivity index (χ4v) is 2.35. The lowest BCUT2D eigenvalue weighted by Crippen LogP contribution is -2.41. The first-order valence-corrected chi connectivity index (χ1v) is 7.69. The van der Waals surface area contributed by atoms with Crippen LogP contribution in [0, 0.1) is 0 Å². The van der Waals surface area contributed by atoms with Crippen LogP contribution in [0.5, 0.6) is 0 Å². The quantitative estimate of drug-likeness (QED) is 0.819. The Bertz CT molecular complexity index is 649. The van der Waals surface area contributed by atoms with Crippen LogP contribution in [0.3, 0.4) is 0 Å². The highest BCUT2D eigenvalue weighted by Gasteiger charge is 2.15. The predicted octanol–water partition coefficient (Wildman–Crippen LogP) is 3.14. The fourth-order valence-electron chi connectivity index (χ4n) is 2.35. The van der Waals surface area contributed by atoms with E-state index in [1.165, 1.54) is 5.39 Å². The van der Waals surface area contributed by atoms with Crippen LogP contribution in [0.4, 0.5) is 0 Å². The summed E-state index contributed by atoms with van der Waals surface area (Å²) in [7, 11) is 1.94. The van der Waals surface area contributed by atoms with Crippen LogP contribution in [-0.4, -0.2) is 37.0 Å². The van der Waals surface area contributed by atoms with Gasteiger partial charge in [0.05, 0.1) is 12.6 Å². The molecule has 2 rings (SSSR count). The minimum Gasteiger partial charge on any atom is -0.347 e. The highest BCUT2D eigenvalue weighted by atomic mass is 35.5. The molecule has 0 saturated carbocycles. The van der Waals surface area contributed by atoms with Gasteiger partial charge in [0.25, 0.3) is 0 Å². The van der Waals surface area contributed by atoms with Crippen molar-refractivity contribution in [2.24, 2.45) is 5.73 Å². The molecule has 2 aromatic carbocycles. The van der Waals surface area contributed by atoms with Crippen molar-refractivity contribution < 1.29 is 4.79 Å². The van der Waals surface area contributed by atoms with Crippen molar-refractivity contribution in [1.29, 1.82) is 0 Å². The molecule has 0 aliphatic rings. The summed E-state index contributed by atoms with van der Waals surface area (Å²) in [5.74, 6) is -0.000177. The van der Waals surface area contributed by atoms with Gasteiger partial charge in [-0.25, -0.2) is 0 Å². The van der Waals surface area contributed by atoms with E-state index in [0.29, 0.717) is 19.1 Å². The van der Waals surface area contributed by atoms with Gasteiger partial charge < -0.3 is 11.1 Å². The summed E-state index contributed by atoms with van der Waals surface area (Å²) in [6, 6.07) is 14.6. The number of nitrogens with one attached hydrogen (secondary N) is 1. The van der Waals surface area contributed by atoms with Gasteiger partial charge in [0.15, 0.2) is 0 Å². The minimum atomic E-state index is -0.155. The van der Waals surface area contributed by atoms with E-state index in [0.717, 1.165) is 10.9 Å². The van der Waals surface area contributed by atoms with E-state index < -0.39 is 0 Å². The Morgan fingerprint density at radius 1 is 1.12 bits per heavy atom. The van der Waals surface area contributed by atoms with Crippen molar-refractivity contribution >= 4 is 41.5 Å². The Morgan fingerprint density at radius 2 is 1.75 bits per heavy atom. The number of hydrogen-bond donors (Lipinski definition) is 2. The molecule has 4 nitrogen and oxygen atoms in total. The zero-order chi connectivity index (χ0) is 16.1. The van der Waals surface area contributed by atoms with Gasteiger partial charge in [-0.3, -0.25) is 9.69 Å². The molecule has 0 aliphatic carbocycles. The number of benzene rings is 2. The van der Waals surface area contributed by atoms with Crippen molar-refractivity contribution in [1.82, 2.24) is 10.2 Å². The highest BCUT2D eigenvalue weighted by Crippen LogP contribution is 2.20. The topological polar surface area (TPSA) is 58.4 Å². The third-order valence-corrected chi connectivity index (χ3v) is 4.02. The highest BCUT2D eigenvalue weighted by molar-refractivity contribution is 5.86. The van der Waals surface area contributed by atoms with Crippen LogP contribution in [0.25, 0.3) is 10.8 Å². The summed E-state index contributed by atoms with van der Waals surface area (Å²) >= 11 is 0. The molecule has 0 fully saturated rings. The molecule has 3 N–H and O–H groups in total. The van der Waals surface area contributed by atoms with Gasteiger partial charge in [-0.1, -0.05) is 36.4 Å². The van der Waals surface area contributed by atoms with Crippen molar-refractivity contribution in [3.05, 3.63) is 48.0 Å². The van der Waals surface area contributed by atoms with E-state index >= 15 is 0 Å². The van der Waals surface area contributed by atoms with Crippen molar-refractivity contribution in [3.63, 3.8) is 0 Å². The Kier molecular flexibility index (Phi) is 9.93. The first-order chi connectivity index (χ1) is 10.5. The number of rotatable bonds is 6. The smallest absolute Gasteiger partial charge is 0.234 e. The van der Waals surface area contributed by atoms with Crippen LogP contribution >= 0.6 is 24.8 Å². The molecule has 0 heterocycles. The molecule has 1 atom stereocenters. The number of fused-ring (bicyclic) bond motifs is 1. The van der Waals surface area contributed by atoms with E-state index in [4.69, 9.17) is 5.73 Å². The standard InChI is InChI=1S/C18H25N3O.2ClH/c1-13(2)21(3)12-18(22)20-17(11-19)16-9-8-14-6-4-5-7-15(14)10-16;;/h4-10,13,17H,11-12,19H2,1-3H3,(H,20,22);2*1H. The monoisotopic (exact) mass is 371 g/mol. The minimum absolute atomic E-state index is 0. The Labute approximate surface area is 156 Å². The second kappa shape index (κ2) is 10.5. The van der Waals surface area contributed by atoms with E-state index in [9.17, 15) is 4.79 Å². The molecule has 0 saturated heterocycles. The largest absolute Gasteiger partial charge is 0.347 e. The maximum atomic E-state index is 12.2. The van der Waals surface area contributed by atoms with E-state index in [1.807, 2.05) is 30.1 Å². The average molecular weight is 372 g/mol. The first-order valence-electron chi connectivity index (χ1n) is 7.69. The van der Waals surface area contributed by atoms with Crippen LogP contribution < -0.4 is 11.1 Å². The molecule has 24 heavy (non-hydrogen) atoms. The Morgan fingerprint density at radius 3 is 2.33 bits per heavy atom. The molecule has 2 aromatic rings. The summed E-state index contributed by atoms with van der Waals surface area (Å²) in [4.78, 5) is 14.2. The second-order valence-electron chi connectivity index (χ2n) is 5.97. The van der Waals surface area contributed by atoms with Crippen LogP contribution in [0.1, 0.15) is 25.5 Å². The third-order valence-electron chi connectivity index (χ3n) is 4.02. The molecule has 1 unspecified atom stereocenters. The maximum absolute atomic E-state index is 12.2. The van der Waals surface area contributed by atoms with Crippen molar-refractivity contribution in [2.45, 2.75) is 25.9 Å². The Balaban J connectivity index is 0.00000264. The van der Waals surface area contributed by atoms with Gasteiger partial charge in [0.1, 0.15) is 0 Å². The SMILES string of the molecule is CC(C)N(C)CC(=O)NC(CN)c1ccc2ccccc2c1.Cl.Cl. The van der Waals surface area contributed by atoms with Crippen molar-refractivity contribution in [3.8, 4) is 0 Å². The zero-order valence-corrected chi connectivity index (χ0v) is 16.0. The maximum Gasteiger partial charge on any atom is 0.234 e. The number of carbonyl (C=O) groups excluding carboxylic acids is 1. The number of likely N-dealkylation sites (N-methyl/N-ethyl adjacent to an activating group) is 1. The number of halogens is 2. The lowest BCUT2D eigenvalue weighted by atomic mass is 10.0. The molecule has 6 heteroatoms. The second-order valence-corrected chi connectivity index (χ2v) is 5.97. The van der Waals surface area contributed by atoms with Gasteiger partial charge >= 0.3 is 0 Å². The first kappa shape index (κ1) is 22.7. The van der Waals surface area contributed by atoms with Crippen LogP contribution in [0.2, 0.25) is 0 Å². The van der Waals surface area contributed by atoms with Gasteiger partial charge in [-0.05, 0) is 43.3 Å². The Hall–Kier alpha value is -1.33. The van der Waals surface area contributed by atoms with Crippen LogP contribution in [-0.2, 0) is 4.79 Å². The molecular weight excluding hydrogens is 345 g/mol. The molecule has 0 bridgehead atoms. The lowest BCUT2D eigenvalue weighted by Gasteiger charge is -2.23. The summed E-state index contributed by atoms with van der Waals surface area (Å²) in [6.07, 6.45) is 0. The van der Waals surface area contributed by atoms with E-state index in [-0.39, 0.29) is 36.8 Å². The average Bonchev–Trinajstić information content (AvgIpc) is 2.52. The van der Waals surface area contributed by atoms with Gasteiger partial charge in [0, 0.05) is 12.6 Å². The predicted molar refractivity (Wildman–Crippen MR) is 106 cm³/mol. The number of nitrogens with two attached hydrogens (primary N) is 1. The lowest BCUT2D eigenvalue weighted by molar-refractivity contribution is -0.123. The fraction of sp³-hybridized carbons (Fsp3) is 0.389. The summed E-state index contributed by atoms with van der Waals surface area (Å²) in [5.41, 5.74) is 6.90. The number of nitrogens with zero attached hydrogens (tertiary/aromatic N) is 1. The van der Waals surface area contributed by atoms with E-state index in [1.54, 1.807) is 0 Å². The van der Waals surface area contributed by atoms with E-state index in [2.05, 4.69) is 43.4 Å². The molecule has 0 aromatic heterocycles. The molecule has 0 aliphatic heterocycles. The number of amides is 1. The normalized spacial score (nSPS) is 11.8. The zero-order valence-electron chi connectivity index (χ0n) is 14.4. The molecule has 134 valence electrons. The molecule has 1 amide bonds. The summed E-state index contributed by atoms with van der Waals surface area (Å²) < 4.78 is 0. The van der Waals surface area contributed by atoms with Gasteiger partial charge in [0.2, 0.25) is 5.91 Å². The molecular formula is C18H27Cl2N3O. The van der Waals surface area contributed by atoms with Gasteiger partial charge in [-0.2, -0.15) is 0 Å². The molecule has 0 spiro atoms. The van der Waals surface area contributed by atoms with Crippen LogP contribution in [0.15, 0.2) is 42.5 Å². The number of hydrogen-bond acceptors (Lipinski definition) is 3. The summed E-state index contributed by atoms with van der Waals surface area (Å²) in [5, 5.41) is 5.37. The number of carbonyl (C=O) groups is 1.